The standard InChI is InChI=1S/C17H18BrNO2/c1-2-13-7-9-14(10-8-13)21-12-11-17(20)19-16-6-4-3-5-15(16)18/h3-10H,2,11-12H2,1H3,(H,19,20). The molecule has 1 N–H and O–H groups in total. The van der Waals surface area contributed by atoms with E-state index < -0.39 is 0 Å². The fourth-order valence-corrected chi connectivity index (χ4v) is 2.24. The van der Waals surface area contributed by atoms with Gasteiger partial charge in [0.1, 0.15) is 5.75 Å². The first-order valence-corrected chi connectivity index (χ1v) is 7.74. The molecule has 21 heavy (non-hydrogen) atoms. The van der Waals surface area contributed by atoms with Gasteiger partial charge in [-0.1, -0.05) is 31.2 Å². The van der Waals surface area contributed by atoms with Crippen LogP contribution in [0.2, 0.25) is 0 Å². The molecule has 0 radical (unpaired) electrons. The van der Waals surface area contributed by atoms with E-state index in [4.69, 9.17) is 4.74 Å². The van der Waals surface area contributed by atoms with Crippen molar-refractivity contribution in [3.63, 3.8) is 0 Å². The average molecular weight is 348 g/mol. The van der Waals surface area contributed by atoms with Crippen LogP contribution in [-0.4, -0.2) is 12.5 Å². The van der Waals surface area contributed by atoms with Crippen LogP contribution in [0.1, 0.15) is 18.9 Å². The smallest absolute Gasteiger partial charge is 0.227 e. The third kappa shape index (κ3) is 4.90. The van der Waals surface area contributed by atoms with Gasteiger partial charge >= 0.3 is 0 Å². The zero-order valence-corrected chi connectivity index (χ0v) is 13.5. The molecular weight excluding hydrogens is 330 g/mol. The normalized spacial score (nSPS) is 10.2. The lowest BCUT2D eigenvalue weighted by molar-refractivity contribution is -0.116. The van der Waals surface area contributed by atoms with E-state index in [-0.39, 0.29) is 5.91 Å². The Morgan fingerprint density at radius 1 is 1.14 bits per heavy atom. The van der Waals surface area contributed by atoms with Gasteiger partial charge in [-0.25, -0.2) is 0 Å². The van der Waals surface area contributed by atoms with Crippen LogP contribution in [0.4, 0.5) is 5.69 Å². The first-order chi connectivity index (χ1) is 10.2. The minimum absolute atomic E-state index is 0.0629. The molecule has 0 spiro atoms. The molecule has 0 aliphatic heterocycles. The summed E-state index contributed by atoms with van der Waals surface area (Å²) in [6, 6.07) is 15.5. The molecular formula is C17H18BrNO2. The van der Waals surface area contributed by atoms with E-state index in [9.17, 15) is 4.79 Å². The number of para-hydroxylation sites is 1. The van der Waals surface area contributed by atoms with Crippen molar-refractivity contribution < 1.29 is 9.53 Å². The van der Waals surface area contributed by atoms with Crippen molar-refractivity contribution in [1.29, 1.82) is 0 Å². The fraction of sp³-hybridized carbons (Fsp3) is 0.235. The van der Waals surface area contributed by atoms with Crippen molar-refractivity contribution in [2.75, 3.05) is 11.9 Å². The Hall–Kier alpha value is -1.81. The van der Waals surface area contributed by atoms with Crippen molar-refractivity contribution in [3.05, 3.63) is 58.6 Å². The van der Waals surface area contributed by atoms with E-state index in [1.54, 1.807) is 0 Å². The summed E-state index contributed by atoms with van der Waals surface area (Å²) in [5.74, 6) is 0.730. The number of rotatable bonds is 6. The molecule has 2 aromatic rings. The monoisotopic (exact) mass is 347 g/mol. The number of ether oxygens (including phenoxy) is 1. The summed E-state index contributed by atoms with van der Waals surface area (Å²) in [4.78, 5) is 11.8. The van der Waals surface area contributed by atoms with Crippen molar-refractivity contribution in [2.24, 2.45) is 0 Å². The van der Waals surface area contributed by atoms with E-state index in [0.717, 1.165) is 22.3 Å². The minimum Gasteiger partial charge on any atom is -0.493 e. The van der Waals surface area contributed by atoms with E-state index in [2.05, 4.69) is 28.2 Å². The van der Waals surface area contributed by atoms with Crippen LogP contribution in [0.3, 0.4) is 0 Å². The second-order valence-electron chi connectivity index (χ2n) is 4.62. The van der Waals surface area contributed by atoms with Crippen LogP contribution in [0.25, 0.3) is 0 Å². The van der Waals surface area contributed by atoms with Gasteiger partial charge in [0.25, 0.3) is 0 Å². The summed E-state index contributed by atoms with van der Waals surface area (Å²) >= 11 is 3.40. The fourth-order valence-electron chi connectivity index (χ4n) is 1.86. The summed E-state index contributed by atoms with van der Waals surface area (Å²) in [6.07, 6.45) is 1.32. The molecule has 0 aliphatic rings. The van der Waals surface area contributed by atoms with Gasteiger partial charge in [0.05, 0.1) is 18.7 Å². The third-order valence-electron chi connectivity index (χ3n) is 3.08. The van der Waals surface area contributed by atoms with Crippen LogP contribution < -0.4 is 10.1 Å². The molecule has 4 heteroatoms. The number of carbonyl (C=O) groups excluding carboxylic acids is 1. The minimum atomic E-state index is -0.0629. The van der Waals surface area contributed by atoms with Crippen LogP contribution in [0.15, 0.2) is 53.0 Å². The molecule has 0 saturated carbocycles. The Labute approximate surface area is 133 Å². The number of anilines is 1. The molecule has 0 atom stereocenters. The summed E-state index contributed by atoms with van der Waals surface area (Å²) in [7, 11) is 0. The maximum absolute atomic E-state index is 11.8. The predicted molar refractivity (Wildman–Crippen MR) is 88.7 cm³/mol. The van der Waals surface area contributed by atoms with E-state index >= 15 is 0 Å². The highest BCUT2D eigenvalue weighted by Crippen LogP contribution is 2.21. The van der Waals surface area contributed by atoms with Crippen molar-refractivity contribution in [2.45, 2.75) is 19.8 Å². The highest BCUT2D eigenvalue weighted by Gasteiger charge is 2.05. The Balaban J connectivity index is 1.77. The third-order valence-corrected chi connectivity index (χ3v) is 3.77. The molecule has 1 amide bonds. The van der Waals surface area contributed by atoms with E-state index in [1.165, 1.54) is 5.56 Å². The molecule has 0 heterocycles. The zero-order chi connectivity index (χ0) is 15.1. The van der Waals surface area contributed by atoms with E-state index in [0.29, 0.717) is 13.0 Å². The maximum atomic E-state index is 11.8. The lowest BCUT2D eigenvalue weighted by Gasteiger charge is -2.09. The topological polar surface area (TPSA) is 38.3 Å². The molecule has 0 bridgehead atoms. The Morgan fingerprint density at radius 3 is 2.52 bits per heavy atom. The van der Waals surface area contributed by atoms with Gasteiger partial charge < -0.3 is 10.1 Å². The summed E-state index contributed by atoms with van der Waals surface area (Å²) < 4.78 is 6.44. The van der Waals surface area contributed by atoms with Gasteiger partial charge in [0.15, 0.2) is 0 Å². The summed E-state index contributed by atoms with van der Waals surface area (Å²) in [6.45, 7) is 2.48. The molecule has 0 aliphatic carbocycles. The molecule has 2 rings (SSSR count). The number of hydrogen-bond donors (Lipinski definition) is 1. The second-order valence-corrected chi connectivity index (χ2v) is 5.48. The molecule has 0 aromatic heterocycles. The van der Waals surface area contributed by atoms with Gasteiger partial charge in [-0.2, -0.15) is 0 Å². The number of nitrogens with one attached hydrogen (secondary N) is 1. The van der Waals surface area contributed by atoms with Gasteiger partial charge in [-0.05, 0) is 52.2 Å². The predicted octanol–water partition coefficient (Wildman–Crippen LogP) is 4.42. The molecule has 0 saturated heterocycles. The Kier molecular flexibility index (Phi) is 5.81. The van der Waals surface area contributed by atoms with Crippen molar-refractivity contribution in [1.82, 2.24) is 0 Å². The van der Waals surface area contributed by atoms with Gasteiger partial charge in [0.2, 0.25) is 5.91 Å². The first kappa shape index (κ1) is 15.6. The first-order valence-electron chi connectivity index (χ1n) is 6.95. The van der Waals surface area contributed by atoms with Crippen LogP contribution in [0.5, 0.6) is 5.75 Å². The second kappa shape index (κ2) is 7.84. The summed E-state index contributed by atoms with van der Waals surface area (Å²) in [5.41, 5.74) is 2.05. The molecule has 2 aromatic carbocycles. The zero-order valence-electron chi connectivity index (χ0n) is 11.9. The van der Waals surface area contributed by atoms with Crippen LogP contribution in [0, 0.1) is 0 Å². The van der Waals surface area contributed by atoms with Gasteiger partial charge in [0, 0.05) is 4.47 Å². The number of amides is 1. The number of halogens is 1. The number of carbonyl (C=O) groups is 1. The molecule has 0 unspecified atom stereocenters. The lowest BCUT2D eigenvalue weighted by atomic mass is 10.2. The van der Waals surface area contributed by atoms with Crippen LogP contribution in [-0.2, 0) is 11.2 Å². The van der Waals surface area contributed by atoms with E-state index in [1.807, 2.05) is 48.5 Å². The van der Waals surface area contributed by atoms with Crippen molar-refractivity contribution in [3.8, 4) is 5.75 Å². The average Bonchev–Trinajstić information content (AvgIpc) is 2.50. The van der Waals surface area contributed by atoms with Gasteiger partial charge in [-0.15, -0.1) is 0 Å². The molecule has 3 nitrogen and oxygen atoms in total. The highest BCUT2D eigenvalue weighted by molar-refractivity contribution is 9.10. The SMILES string of the molecule is CCc1ccc(OCCC(=O)Nc2ccccc2Br)cc1. The summed E-state index contributed by atoms with van der Waals surface area (Å²) in [5, 5.41) is 2.85. The molecule has 0 fully saturated rings. The number of hydrogen-bond acceptors (Lipinski definition) is 2. The van der Waals surface area contributed by atoms with Crippen LogP contribution >= 0.6 is 15.9 Å². The lowest BCUT2D eigenvalue weighted by Crippen LogP contribution is -2.15. The molecule has 110 valence electrons. The van der Waals surface area contributed by atoms with Crippen molar-refractivity contribution >= 4 is 27.5 Å². The van der Waals surface area contributed by atoms with Gasteiger partial charge in [-0.3, -0.25) is 4.79 Å². The number of benzene rings is 2. The highest BCUT2D eigenvalue weighted by atomic mass is 79.9. The Bertz CT molecular complexity index is 596. The maximum Gasteiger partial charge on any atom is 0.227 e. The Morgan fingerprint density at radius 2 is 1.86 bits per heavy atom. The number of aryl methyl sites for hydroxylation is 1. The quantitative estimate of drug-likeness (QED) is 0.839. The largest absolute Gasteiger partial charge is 0.493 e.